The van der Waals surface area contributed by atoms with Gasteiger partial charge >= 0.3 is 0 Å². The molecule has 1 N–H and O–H groups in total. The molecule has 0 bridgehead atoms. The van der Waals surface area contributed by atoms with Gasteiger partial charge in [-0.1, -0.05) is 12.1 Å². The maximum atomic E-state index is 12.7. The van der Waals surface area contributed by atoms with Crippen LogP contribution in [0.1, 0.15) is 28.9 Å². The van der Waals surface area contributed by atoms with Crippen molar-refractivity contribution in [2.24, 2.45) is 0 Å². The lowest BCUT2D eigenvalue weighted by atomic mass is 10.1. The fourth-order valence-corrected chi connectivity index (χ4v) is 2.14. The summed E-state index contributed by atoms with van der Waals surface area (Å²) in [6, 6.07) is 7.77. The van der Waals surface area contributed by atoms with Crippen molar-refractivity contribution in [1.29, 1.82) is 0 Å². The van der Waals surface area contributed by atoms with Gasteiger partial charge < -0.3 is 5.32 Å². The molecule has 2 nitrogen and oxygen atoms in total. The molecule has 88 valence electrons. The van der Waals surface area contributed by atoms with Gasteiger partial charge in [0.05, 0.1) is 11.6 Å². The van der Waals surface area contributed by atoms with Gasteiger partial charge in [-0.3, -0.25) is 4.79 Å². The van der Waals surface area contributed by atoms with E-state index in [4.69, 9.17) is 0 Å². The molecule has 1 amide bonds. The molecule has 0 aliphatic heterocycles. The van der Waals surface area contributed by atoms with Crippen molar-refractivity contribution in [2.45, 2.75) is 13.0 Å². The highest BCUT2D eigenvalue weighted by molar-refractivity contribution is 7.08. The Morgan fingerprint density at radius 1 is 1.29 bits per heavy atom. The van der Waals surface area contributed by atoms with Crippen molar-refractivity contribution in [3.63, 3.8) is 0 Å². The second-order valence-electron chi connectivity index (χ2n) is 3.76. The third kappa shape index (κ3) is 2.91. The van der Waals surface area contributed by atoms with Crippen molar-refractivity contribution in [3.8, 4) is 0 Å². The molecule has 0 aliphatic rings. The maximum Gasteiger partial charge on any atom is 0.252 e. The molecule has 4 heteroatoms. The predicted octanol–water partition coefficient (Wildman–Crippen LogP) is 3.38. The van der Waals surface area contributed by atoms with Crippen LogP contribution in [0, 0.1) is 5.82 Å². The third-order valence-electron chi connectivity index (χ3n) is 2.50. The molecule has 0 aliphatic carbocycles. The quantitative estimate of drug-likeness (QED) is 0.887. The first-order valence-electron chi connectivity index (χ1n) is 5.25. The molecule has 1 aromatic heterocycles. The smallest absolute Gasteiger partial charge is 0.252 e. The van der Waals surface area contributed by atoms with Crippen LogP contribution in [0.5, 0.6) is 0 Å². The van der Waals surface area contributed by atoms with Gasteiger partial charge in [-0.05, 0) is 36.1 Å². The summed E-state index contributed by atoms with van der Waals surface area (Å²) in [7, 11) is 0. The van der Waals surface area contributed by atoms with E-state index in [9.17, 15) is 9.18 Å². The summed E-state index contributed by atoms with van der Waals surface area (Å²) in [6.45, 7) is 1.87. The minimum atomic E-state index is -0.273. The minimum Gasteiger partial charge on any atom is -0.345 e. The van der Waals surface area contributed by atoms with E-state index >= 15 is 0 Å². The first kappa shape index (κ1) is 11.8. The number of benzene rings is 1. The lowest BCUT2D eigenvalue weighted by molar-refractivity contribution is 0.0940. The van der Waals surface area contributed by atoms with Gasteiger partial charge in [0.2, 0.25) is 0 Å². The second-order valence-corrected chi connectivity index (χ2v) is 4.54. The highest BCUT2D eigenvalue weighted by Crippen LogP contribution is 2.14. The van der Waals surface area contributed by atoms with E-state index in [1.165, 1.54) is 23.5 Å². The third-order valence-corrected chi connectivity index (χ3v) is 3.18. The number of halogens is 1. The Hall–Kier alpha value is -1.68. The number of nitrogens with one attached hydrogen (secondary N) is 1. The van der Waals surface area contributed by atoms with Crippen LogP contribution in [-0.2, 0) is 0 Å². The molecular formula is C13H12FNOS. The summed E-state index contributed by atoms with van der Waals surface area (Å²) in [5, 5.41) is 6.52. The summed E-state index contributed by atoms with van der Waals surface area (Å²) in [5.41, 5.74) is 1.54. The second kappa shape index (κ2) is 5.10. The molecule has 0 fully saturated rings. The number of carbonyl (C=O) groups is 1. The minimum absolute atomic E-state index is 0.108. The van der Waals surface area contributed by atoms with Gasteiger partial charge in [0.15, 0.2) is 0 Å². The fourth-order valence-electron chi connectivity index (χ4n) is 1.51. The fraction of sp³-hybridized carbons (Fsp3) is 0.154. The van der Waals surface area contributed by atoms with E-state index in [-0.39, 0.29) is 17.8 Å². The highest BCUT2D eigenvalue weighted by Gasteiger charge is 2.11. The molecule has 0 spiro atoms. The highest BCUT2D eigenvalue weighted by atomic mass is 32.1. The van der Waals surface area contributed by atoms with Crippen molar-refractivity contribution in [3.05, 3.63) is 58.0 Å². The zero-order valence-corrected chi connectivity index (χ0v) is 10.1. The van der Waals surface area contributed by atoms with Crippen LogP contribution in [0.25, 0.3) is 0 Å². The molecule has 1 unspecified atom stereocenters. The summed E-state index contributed by atoms with van der Waals surface area (Å²) < 4.78 is 12.7. The normalized spacial score (nSPS) is 12.1. The summed E-state index contributed by atoms with van der Waals surface area (Å²) in [5.74, 6) is -0.381. The standard InChI is InChI=1S/C13H12FNOS/c1-9(10-2-4-12(14)5-3-10)15-13(16)11-6-7-17-8-11/h2-9H,1H3,(H,15,16). The van der Waals surface area contributed by atoms with Crippen LogP contribution in [0.3, 0.4) is 0 Å². The van der Waals surface area contributed by atoms with Crippen LogP contribution < -0.4 is 5.32 Å². The van der Waals surface area contributed by atoms with E-state index in [1.807, 2.05) is 12.3 Å². The SMILES string of the molecule is CC(NC(=O)c1ccsc1)c1ccc(F)cc1. The van der Waals surface area contributed by atoms with Gasteiger partial charge in [0, 0.05) is 5.38 Å². The number of thiophene rings is 1. The zero-order valence-electron chi connectivity index (χ0n) is 9.31. The number of amides is 1. The summed E-state index contributed by atoms with van der Waals surface area (Å²) in [6.07, 6.45) is 0. The van der Waals surface area contributed by atoms with E-state index in [1.54, 1.807) is 23.6 Å². The van der Waals surface area contributed by atoms with Gasteiger partial charge in [0.1, 0.15) is 5.82 Å². The van der Waals surface area contributed by atoms with E-state index in [0.717, 1.165) is 5.56 Å². The molecule has 1 heterocycles. The lowest BCUT2D eigenvalue weighted by Crippen LogP contribution is -2.26. The Bertz CT molecular complexity index is 493. The van der Waals surface area contributed by atoms with E-state index in [0.29, 0.717) is 5.56 Å². The average Bonchev–Trinajstić information content (AvgIpc) is 2.83. The Labute approximate surface area is 103 Å². The first-order valence-corrected chi connectivity index (χ1v) is 6.19. The molecule has 0 radical (unpaired) electrons. The van der Waals surface area contributed by atoms with E-state index < -0.39 is 0 Å². The van der Waals surface area contributed by atoms with Crippen molar-refractivity contribution >= 4 is 17.2 Å². The summed E-state index contributed by atoms with van der Waals surface area (Å²) in [4.78, 5) is 11.8. The Morgan fingerprint density at radius 2 is 2.00 bits per heavy atom. The monoisotopic (exact) mass is 249 g/mol. The Morgan fingerprint density at radius 3 is 2.59 bits per heavy atom. The van der Waals surface area contributed by atoms with Crippen molar-refractivity contribution < 1.29 is 9.18 Å². The zero-order chi connectivity index (χ0) is 12.3. The molecule has 1 aromatic carbocycles. The van der Waals surface area contributed by atoms with Crippen LogP contribution >= 0.6 is 11.3 Å². The van der Waals surface area contributed by atoms with Crippen molar-refractivity contribution in [1.82, 2.24) is 5.32 Å². The van der Waals surface area contributed by atoms with E-state index in [2.05, 4.69) is 5.32 Å². The molecule has 0 saturated carbocycles. The van der Waals surface area contributed by atoms with Gasteiger partial charge in [-0.15, -0.1) is 0 Å². The maximum absolute atomic E-state index is 12.7. The molecular weight excluding hydrogens is 237 g/mol. The van der Waals surface area contributed by atoms with Crippen molar-refractivity contribution in [2.75, 3.05) is 0 Å². The number of rotatable bonds is 3. The largest absolute Gasteiger partial charge is 0.345 e. The number of carbonyl (C=O) groups excluding carboxylic acids is 1. The van der Waals surface area contributed by atoms with Crippen LogP contribution in [0.15, 0.2) is 41.1 Å². The molecule has 2 aromatic rings. The lowest BCUT2D eigenvalue weighted by Gasteiger charge is -2.13. The summed E-state index contributed by atoms with van der Waals surface area (Å²) >= 11 is 1.48. The van der Waals surface area contributed by atoms with Gasteiger partial charge in [-0.25, -0.2) is 4.39 Å². The number of hydrogen-bond donors (Lipinski definition) is 1. The van der Waals surface area contributed by atoms with Crippen LogP contribution in [-0.4, -0.2) is 5.91 Å². The van der Waals surface area contributed by atoms with Gasteiger partial charge in [0.25, 0.3) is 5.91 Å². The predicted molar refractivity (Wildman–Crippen MR) is 66.6 cm³/mol. The number of hydrogen-bond acceptors (Lipinski definition) is 2. The van der Waals surface area contributed by atoms with Crippen LogP contribution in [0.4, 0.5) is 4.39 Å². The molecule has 0 saturated heterocycles. The first-order chi connectivity index (χ1) is 8.16. The molecule has 17 heavy (non-hydrogen) atoms. The van der Waals surface area contributed by atoms with Gasteiger partial charge in [-0.2, -0.15) is 11.3 Å². The van der Waals surface area contributed by atoms with Crippen LogP contribution in [0.2, 0.25) is 0 Å². The Kier molecular flexibility index (Phi) is 3.54. The Balaban J connectivity index is 2.04. The topological polar surface area (TPSA) is 29.1 Å². The average molecular weight is 249 g/mol. The molecule has 1 atom stereocenters. The molecule has 2 rings (SSSR count).